The first-order valence-corrected chi connectivity index (χ1v) is 12.4. The van der Waals surface area contributed by atoms with E-state index in [1.165, 1.54) is 0 Å². The zero-order valence-electron chi connectivity index (χ0n) is 23.1. The first-order valence-electron chi connectivity index (χ1n) is 12.4. The van der Waals surface area contributed by atoms with E-state index in [0.29, 0.717) is 11.5 Å². The summed E-state index contributed by atoms with van der Waals surface area (Å²) in [5, 5.41) is 0. The molecule has 9 heteroatoms. The molecule has 1 heterocycles. The minimum absolute atomic E-state index is 0.0685. The van der Waals surface area contributed by atoms with Gasteiger partial charge in [0.2, 0.25) is 0 Å². The van der Waals surface area contributed by atoms with E-state index in [1.54, 1.807) is 27.4 Å². The van der Waals surface area contributed by atoms with E-state index in [2.05, 4.69) is 33.2 Å². The zero-order chi connectivity index (χ0) is 27.8. The van der Waals surface area contributed by atoms with E-state index in [9.17, 15) is 0 Å². The molecule has 0 saturated heterocycles. The molecule has 1 aromatic heterocycles. The molecule has 4 rings (SSSR count). The second-order valence-corrected chi connectivity index (χ2v) is 9.12. The van der Waals surface area contributed by atoms with Gasteiger partial charge in [-0.3, -0.25) is 0 Å². The maximum atomic E-state index is 5.93. The number of nitrogens with zero attached hydrogens (tertiary/aromatic N) is 3. The maximum absolute atomic E-state index is 5.93. The van der Waals surface area contributed by atoms with Crippen LogP contribution in [0.25, 0.3) is 0 Å². The quantitative estimate of drug-likeness (QED) is 0.233. The predicted molar refractivity (Wildman–Crippen MR) is 146 cm³/mol. The summed E-state index contributed by atoms with van der Waals surface area (Å²) in [6, 6.07) is 17.8. The molecule has 0 saturated carbocycles. The standard InChI is InChI=1S/C30H33N3O6/c1-19-7-20(2)9-22(8-19)16-37-28-31-29(38-17-23-10-21(3)11-25(12-23)34-4)33-30(32-28)39-18-24-13-26(35-5)15-27(14-24)36-6/h7-15H,16-18H2,1-6H3. The van der Waals surface area contributed by atoms with Gasteiger partial charge < -0.3 is 28.4 Å². The summed E-state index contributed by atoms with van der Waals surface area (Å²) >= 11 is 0. The highest BCUT2D eigenvalue weighted by Crippen LogP contribution is 2.25. The monoisotopic (exact) mass is 531 g/mol. The molecule has 0 radical (unpaired) electrons. The van der Waals surface area contributed by atoms with Gasteiger partial charge in [-0.05, 0) is 67.3 Å². The van der Waals surface area contributed by atoms with Crippen LogP contribution in [0.5, 0.6) is 35.3 Å². The highest BCUT2D eigenvalue weighted by molar-refractivity contribution is 5.38. The summed E-state index contributed by atoms with van der Waals surface area (Å²) in [6.45, 7) is 6.77. The van der Waals surface area contributed by atoms with Gasteiger partial charge in [0.1, 0.15) is 37.1 Å². The van der Waals surface area contributed by atoms with Crippen LogP contribution in [-0.2, 0) is 19.8 Å². The third kappa shape index (κ3) is 7.98. The fraction of sp³-hybridized carbons (Fsp3) is 0.300. The smallest absolute Gasteiger partial charge is 0.326 e. The second kappa shape index (κ2) is 12.8. The van der Waals surface area contributed by atoms with E-state index in [4.69, 9.17) is 28.4 Å². The van der Waals surface area contributed by atoms with Crippen molar-refractivity contribution in [3.63, 3.8) is 0 Å². The zero-order valence-corrected chi connectivity index (χ0v) is 23.1. The van der Waals surface area contributed by atoms with E-state index < -0.39 is 0 Å². The molecule has 0 atom stereocenters. The molecule has 0 aliphatic heterocycles. The minimum atomic E-state index is 0.0685. The van der Waals surface area contributed by atoms with Crippen LogP contribution < -0.4 is 28.4 Å². The topological polar surface area (TPSA) is 94.1 Å². The third-order valence-electron chi connectivity index (χ3n) is 5.72. The Morgan fingerprint density at radius 1 is 0.436 bits per heavy atom. The summed E-state index contributed by atoms with van der Waals surface area (Å²) in [7, 11) is 4.82. The predicted octanol–water partition coefficient (Wildman–Crippen LogP) is 5.56. The van der Waals surface area contributed by atoms with Gasteiger partial charge in [-0.15, -0.1) is 15.0 Å². The summed E-state index contributed by atoms with van der Waals surface area (Å²) in [5.41, 5.74) is 6.10. The molecule has 0 bridgehead atoms. The molecule has 204 valence electrons. The fourth-order valence-electron chi connectivity index (χ4n) is 4.09. The Hall–Kier alpha value is -4.53. The molecule has 0 unspecified atom stereocenters. The van der Waals surface area contributed by atoms with Crippen molar-refractivity contribution in [2.24, 2.45) is 0 Å². The Labute approximate surface area is 228 Å². The van der Waals surface area contributed by atoms with Crippen LogP contribution in [0.15, 0.2) is 54.6 Å². The second-order valence-electron chi connectivity index (χ2n) is 9.12. The Kier molecular flexibility index (Phi) is 9.04. The largest absolute Gasteiger partial charge is 0.497 e. The average molecular weight is 532 g/mol. The summed E-state index contributed by atoms with van der Waals surface area (Å²) < 4.78 is 33.8. The van der Waals surface area contributed by atoms with Crippen molar-refractivity contribution in [3.8, 4) is 35.3 Å². The summed E-state index contributed by atoms with van der Waals surface area (Å²) in [4.78, 5) is 13.1. The van der Waals surface area contributed by atoms with Crippen LogP contribution in [0.4, 0.5) is 0 Å². The van der Waals surface area contributed by atoms with Crippen molar-refractivity contribution >= 4 is 0 Å². The van der Waals surface area contributed by atoms with Gasteiger partial charge in [-0.2, -0.15) is 0 Å². The molecule has 0 spiro atoms. The van der Waals surface area contributed by atoms with Crippen molar-refractivity contribution in [2.45, 2.75) is 40.6 Å². The van der Waals surface area contributed by atoms with E-state index in [-0.39, 0.29) is 37.9 Å². The Bertz CT molecular complexity index is 1380. The number of methoxy groups -OCH3 is 3. The highest BCUT2D eigenvalue weighted by atomic mass is 16.5. The van der Waals surface area contributed by atoms with Crippen LogP contribution in [0.3, 0.4) is 0 Å². The van der Waals surface area contributed by atoms with E-state index in [0.717, 1.165) is 39.1 Å². The van der Waals surface area contributed by atoms with Gasteiger partial charge in [0.15, 0.2) is 0 Å². The van der Waals surface area contributed by atoms with Crippen LogP contribution in [0.2, 0.25) is 0 Å². The number of aromatic nitrogens is 3. The Morgan fingerprint density at radius 2 is 0.769 bits per heavy atom. The lowest BCUT2D eigenvalue weighted by atomic mass is 10.1. The van der Waals surface area contributed by atoms with Gasteiger partial charge >= 0.3 is 18.0 Å². The molecule has 0 amide bonds. The molecule has 0 N–H and O–H groups in total. The fourth-order valence-corrected chi connectivity index (χ4v) is 4.09. The van der Waals surface area contributed by atoms with Gasteiger partial charge in [0.25, 0.3) is 0 Å². The van der Waals surface area contributed by atoms with Gasteiger partial charge in [-0.25, -0.2) is 0 Å². The van der Waals surface area contributed by atoms with Crippen molar-refractivity contribution in [1.29, 1.82) is 0 Å². The van der Waals surface area contributed by atoms with Gasteiger partial charge in [0.05, 0.1) is 21.3 Å². The summed E-state index contributed by atoms with van der Waals surface area (Å²) in [6.07, 6.45) is 0. The summed E-state index contributed by atoms with van der Waals surface area (Å²) in [5.74, 6) is 2.05. The maximum Gasteiger partial charge on any atom is 0.326 e. The number of ether oxygens (including phenoxy) is 6. The molecule has 3 aromatic carbocycles. The number of aryl methyl sites for hydroxylation is 3. The van der Waals surface area contributed by atoms with E-state index in [1.807, 2.05) is 51.1 Å². The highest BCUT2D eigenvalue weighted by Gasteiger charge is 2.13. The van der Waals surface area contributed by atoms with Crippen LogP contribution >= 0.6 is 0 Å². The molecular formula is C30H33N3O6. The van der Waals surface area contributed by atoms with Gasteiger partial charge in [0, 0.05) is 6.07 Å². The lowest BCUT2D eigenvalue weighted by Gasteiger charge is -2.12. The lowest BCUT2D eigenvalue weighted by molar-refractivity contribution is 0.222. The molecular weight excluding hydrogens is 498 g/mol. The SMILES string of the molecule is COc1cc(C)cc(COc2nc(OCc3cc(C)cc(C)c3)nc(OCc3cc(OC)cc(OC)c3)n2)c1. The van der Waals surface area contributed by atoms with Crippen molar-refractivity contribution in [3.05, 3.63) is 88.0 Å². The number of rotatable bonds is 12. The number of hydrogen-bond acceptors (Lipinski definition) is 9. The van der Waals surface area contributed by atoms with Crippen molar-refractivity contribution in [2.75, 3.05) is 21.3 Å². The molecule has 39 heavy (non-hydrogen) atoms. The average Bonchev–Trinajstić information content (AvgIpc) is 2.92. The van der Waals surface area contributed by atoms with Crippen molar-refractivity contribution < 1.29 is 28.4 Å². The lowest BCUT2D eigenvalue weighted by Crippen LogP contribution is -2.08. The third-order valence-corrected chi connectivity index (χ3v) is 5.72. The molecule has 0 fully saturated rings. The first-order chi connectivity index (χ1) is 18.8. The minimum Gasteiger partial charge on any atom is -0.497 e. The van der Waals surface area contributed by atoms with Crippen molar-refractivity contribution in [1.82, 2.24) is 15.0 Å². The molecule has 4 aromatic rings. The van der Waals surface area contributed by atoms with Crippen LogP contribution in [-0.4, -0.2) is 36.3 Å². The molecule has 0 aliphatic rings. The van der Waals surface area contributed by atoms with Crippen LogP contribution in [0.1, 0.15) is 33.4 Å². The number of hydrogen-bond donors (Lipinski definition) is 0. The van der Waals surface area contributed by atoms with Gasteiger partial charge in [-0.1, -0.05) is 35.4 Å². The van der Waals surface area contributed by atoms with Crippen LogP contribution in [0, 0.1) is 20.8 Å². The normalized spacial score (nSPS) is 10.6. The number of benzene rings is 3. The Morgan fingerprint density at radius 3 is 1.18 bits per heavy atom. The first kappa shape index (κ1) is 27.5. The van der Waals surface area contributed by atoms with E-state index >= 15 is 0 Å². The Balaban J connectivity index is 1.55. The molecule has 9 nitrogen and oxygen atoms in total. The molecule has 0 aliphatic carbocycles.